The number of carbonyl (C=O) groups excluding carboxylic acids is 2. The third-order valence-corrected chi connectivity index (χ3v) is 3.68. The average Bonchev–Trinajstić information content (AvgIpc) is 2.88. The molecule has 1 saturated heterocycles. The van der Waals surface area contributed by atoms with Crippen LogP contribution in [-0.4, -0.2) is 42.5 Å². The van der Waals surface area contributed by atoms with Crippen LogP contribution in [-0.2, 0) is 4.79 Å². The van der Waals surface area contributed by atoms with Crippen molar-refractivity contribution in [2.45, 2.75) is 18.9 Å². The lowest BCUT2D eigenvalue weighted by Crippen LogP contribution is -2.34. The lowest BCUT2D eigenvalue weighted by atomic mass is 10.0. The highest BCUT2D eigenvalue weighted by Crippen LogP contribution is 2.13. The molecule has 2 rings (SSSR count). The summed E-state index contributed by atoms with van der Waals surface area (Å²) in [6.45, 7) is 1.45. The van der Waals surface area contributed by atoms with Gasteiger partial charge in [-0.3, -0.25) is 9.59 Å². The largest absolute Gasteiger partial charge is 0.391 e. The molecule has 1 aliphatic heterocycles. The van der Waals surface area contributed by atoms with Gasteiger partial charge in [-0.15, -0.1) is 12.4 Å². The van der Waals surface area contributed by atoms with Crippen LogP contribution in [0.15, 0.2) is 18.2 Å². The molecule has 5 nitrogen and oxygen atoms in total. The highest BCUT2D eigenvalue weighted by Gasteiger charge is 2.25. The van der Waals surface area contributed by atoms with E-state index in [0.29, 0.717) is 25.7 Å². The first kappa shape index (κ1) is 19.5. The first-order chi connectivity index (χ1) is 10.5. The normalized spacial score (nSPS) is 20.0. The summed E-state index contributed by atoms with van der Waals surface area (Å²) >= 11 is 0. The summed E-state index contributed by atoms with van der Waals surface area (Å²) in [6, 6.07) is 2.72. The first-order valence-electron chi connectivity index (χ1n) is 7.11. The Bertz CT molecular complexity index is 572. The Morgan fingerprint density at radius 3 is 2.61 bits per heavy atom. The van der Waals surface area contributed by atoms with E-state index in [0.717, 1.165) is 12.1 Å². The minimum Gasteiger partial charge on any atom is -0.391 e. The molecule has 1 aliphatic rings. The fourth-order valence-electron chi connectivity index (χ4n) is 2.34. The topological polar surface area (TPSA) is 78.4 Å². The maximum Gasteiger partial charge on any atom is 0.220 e. The highest BCUT2D eigenvalue weighted by atomic mass is 35.5. The second-order valence-electron chi connectivity index (χ2n) is 5.34. The number of halogens is 3. The van der Waals surface area contributed by atoms with Crippen LogP contribution in [0.3, 0.4) is 0 Å². The van der Waals surface area contributed by atoms with E-state index in [1.54, 1.807) is 0 Å². The minimum absolute atomic E-state index is 0. The Morgan fingerprint density at radius 2 is 2.00 bits per heavy atom. The van der Waals surface area contributed by atoms with Crippen LogP contribution >= 0.6 is 12.4 Å². The lowest BCUT2D eigenvalue weighted by molar-refractivity contribution is -0.121. The van der Waals surface area contributed by atoms with Crippen molar-refractivity contribution in [3.63, 3.8) is 0 Å². The summed E-state index contributed by atoms with van der Waals surface area (Å²) in [4.78, 5) is 23.5. The number of benzene rings is 1. The molecular formula is C15H19ClF2N2O3. The average molecular weight is 349 g/mol. The second-order valence-corrected chi connectivity index (χ2v) is 5.34. The zero-order valence-corrected chi connectivity index (χ0v) is 13.2. The third-order valence-electron chi connectivity index (χ3n) is 3.68. The lowest BCUT2D eigenvalue weighted by Gasteiger charge is -2.13. The van der Waals surface area contributed by atoms with Crippen LogP contribution in [0, 0.1) is 17.6 Å². The van der Waals surface area contributed by atoms with Crippen LogP contribution in [0.25, 0.3) is 0 Å². The van der Waals surface area contributed by atoms with Crippen LogP contribution in [0.4, 0.5) is 8.78 Å². The molecule has 8 heteroatoms. The third kappa shape index (κ3) is 5.53. The second kappa shape index (κ2) is 8.90. The number of ketones is 1. The number of carbonyl (C=O) groups is 2. The summed E-state index contributed by atoms with van der Waals surface area (Å²) in [6.07, 6.45) is -0.721. The van der Waals surface area contributed by atoms with Crippen molar-refractivity contribution in [2.75, 3.05) is 19.6 Å². The number of Topliss-reactive ketones (excluding diaryl/α,β-unsaturated/α-hetero) is 1. The summed E-state index contributed by atoms with van der Waals surface area (Å²) in [5.41, 5.74) is -0.218. The summed E-state index contributed by atoms with van der Waals surface area (Å²) in [5.74, 6) is -2.61. The Kier molecular flexibility index (Phi) is 7.54. The van der Waals surface area contributed by atoms with E-state index in [4.69, 9.17) is 0 Å². The molecule has 2 unspecified atom stereocenters. The molecule has 0 spiro atoms. The fourth-order valence-corrected chi connectivity index (χ4v) is 2.34. The Balaban J connectivity index is 0.00000264. The quantitative estimate of drug-likeness (QED) is 0.671. The summed E-state index contributed by atoms with van der Waals surface area (Å²) in [7, 11) is 0. The predicted octanol–water partition coefficient (Wildman–Crippen LogP) is 1.05. The molecule has 0 saturated carbocycles. The molecule has 0 aromatic heterocycles. The molecule has 1 aromatic carbocycles. The smallest absolute Gasteiger partial charge is 0.220 e. The molecular weight excluding hydrogens is 330 g/mol. The van der Waals surface area contributed by atoms with Gasteiger partial charge < -0.3 is 15.7 Å². The molecule has 1 amide bonds. The molecule has 23 heavy (non-hydrogen) atoms. The Labute approximate surface area is 138 Å². The van der Waals surface area contributed by atoms with Crippen LogP contribution in [0.5, 0.6) is 0 Å². The number of rotatable bonds is 6. The maximum absolute atomic E-state index is 13.4. The van der Waals surface area contributed by atoms with E-state index >= 15 is 0 Å². The van der Waals surface area contributed by atoms with E-state index < -0.39 is 23.5 Å². The van der Waals surface area contributed by atoms with Crippen molar-refractivity contribution in [3.8, 4) is 0 Å². The van der Waals surface area contributed by atoms with Gasteiger partial charge in [-0.05, 0) is 12.1 Å². The molecule has 1 aromatic rings. The monoisotopic (exact) mass is 348 g/mol. The number of hydrogen-bond donors (Lipinski definition) is 3. The highest BCUT2D eigenvalue weighted by molar-refractivity contribution is 5.98. The van der Waals surface area contributed by atoms with Gasteiger partial charge in [-0.1, -0.05) is 0 Å². The number of hydrogen-bond acceptors (Lipinski definition) is 4. The molecule has 0 bridgehead atoms. The number of aliphatic hydroxyl groups is 1. The van der Waals surface area contributed by atoms with Crippen molar-refractivity contribution in [3.05, 3.63) is 35.4 Å². The van der Waals surface area contributed by atoms with E-state index in [1.807, 2.05) is 0 Å². The Hall–Kier alpha value is -1.57. The van der Waals surface area contributed by atoms with Gasteiger partial charge in [-0.25, -0.2) is 8.78 Å². The first-order valence-corrected chi connectivity index (χ1v) is 7.11. The zero-order chi connectivity index (χ0) is 16.1. The van der Waals surface area contributed by atoms with Crippen molar-refractivity contribution in [1.29, 1.82) is 0 Å². The van der Waals surface area contributed by atoms with Crippen LogP contribution in [0.1, 0.15) is 23.2 Å². The number of aliphatic hydroxyl groups excluding tert-OH is 1. The summed E-state index contributed by atoms with van der Waals surface area (Å²) in [5, 5.41) is 15.2. The van der Waals surface area contributed by atoms with E-state index in [9.17, 15) is 23.5 Å². The maximum atomic E-state index is 13.4. The van der Waals surface area contributed by atoms with E-state index in [2.05, 4.69) is 10.6 Å². The molecule has 3 N–H and O–H groups in total. The van der Waals surface area contributed by atoms with Gasteiger partial charge in [-0.2, -0.15) is 0 Å². The zero-order valence-electron chi connectivity index (χ0n) is 12.4. The van der Waals surface area contributed by atoms with Gasteiger partial charge in [0.05, 0.1) is 11.7 Å². The number of nitrogens with one attached hydrogen (secondary N) is 2. The van der Waals surface area contributed by atoms with Crippen molar-refractivity contribution in [1.82, 2.24) is 10.6 Å². The van der Waals surface area contributed by atoms with Crippen molar-refractivity contribution in [2.24, 2.45) is 5.92 Å². The molecule has 2 atom stereocenters. The van der Waals surface area contributed by atoms with Gasteiger partial charge in [0.25, 0.3) is 0 Å². The predicted molar refractivity (Wildman–Crippen MR) is 82.5 cm³/mol. The standard InChI is InChI=1S/C15H18F2N2O3.ClH/c16-10-1-2-11(12(17)5-10)13(20)3-4-15(22)19-7-9-6-18-8-14(9)21;/h1-2,5,9,14,18,21H,3-4,6-8H2,(H,19,22);1H. The molecule has 0 aliphatic carbocycles. The minimum atomic E-state index is -0.925. The van der Waals surface area contributed by atoms with Gasteiger partial charge in [0, 0.05) is 44.5 Å². The van der Waals surface area contributed by atoms with Crippen molar-refractivity contribution < 1.29 is 23.5 Å². The molecule has 128 valence electrons. The van der Waals surface area contributed by atoms with Gasteiger partial charge in [0.2, 0.25) is 5.91 Å². The molecule has 1 fully saturated rings. The Morgan fingerprint density at radius 1 is 1.26 bits per heavy atom. The van der Waals surface area contributed by atoms with Crippen LogP contribution in [0.2, 0.25) is 0 Å². The number of β-amino-alcohol motifs (C(OH)–C–C–N with tert-alkyl or cyclic N) is 1. The van der Waals surface area contributed by atoms with Crippen LogP contribution < -0.4 is 10.6 Å². The van der Waals surface area contributed by atoms with E-state index in [-0.39, 0.29) is 42.6 Å². The number of amides is 1. The molecule has 0 radical (unpaired) electrons. The van der Waals surface area contributed by atoms with Crippen molar-refractivity contribution >= 4 is 24.1 Å². The summed E-state index contributed by atoms with van der Waals surface area (Å²) < 4.78 is 26.2. The van der Waals surface area contributed by atoms with Gasteiger partial charge >= 0.3 is 0 Å². The fraction of sp³-hybridized carbons (Fsp3) is 0.467. The van der Waals surface area contributed by atoms with E-state index in [1.165, 1.54) is 0 Å². The SMILES string of the molecule is Cl.O=C(CCC(=O)c1ccc(F)cc1F)NCC1CNCC1O. The molecule has 1 heterocycles. The van der Waals surface area contributed by atoms with Gasteiger partial charge in [0.15, 0.2) is 5.78 Å². The van der Waals surface area contributed by atoms with Gasteiger partial charge in [0.1, 0.15) is 11.6 Å².